The zero-order chi connectivity index (χ0) is 13.1. The van der Waals surface area contributed by atoms with Crippen molar-refractivity contribution in [2.45, 2.75) is 26.3 Å². The molecule has 0 saturated carbocycles. The molecular formula is C9H17NO5S. The van der Waals surface area contributed by atoms with E-state index in [1.165, 1.54) is 0 Å². The number of carbonyl (C=O) groups is 2. The molecule has 1 amide bonds. The standard InChI is InChI=1S/C9H17NO5S/c1-9(2,3)10(5-8(12)13)7(11)6-16(4,14)15/h5-6H2,1-4H3,(H,12,13). The molecule has 16 heavy (non-hydrogen) atoms. The Bertz CT molecular complexity index is 379. The lowest BCUT2D eigenvalue weighted by atomic mass is 10.1. The van der Waals surface area contributed by atoms with E-state index in [-0.39, 0.29) is 0 Å². The summed E-state index contributed by atoms with van der Waals surface area (Å²) in [6, 6.07) is 0. The van der Waals surface area contributed by atoms with Crippen molar-refractivity contribution in [3.05, 3.63) is 0 Å². The first-order valence-electron chi connectivity index (χ1n) is 4.63. The summed E-state index contributed by atoms with van der Waals surface area (Å²) < 4.78 is 21.9. The molecule has 0 aromatic carbocycles. The number of hydrogen-bond donors (Lipinski definition) is 1. The van der Waals surface area contributed by atoms with Crippen LogP contribution in [0.3, 0.4) is 0 Å². The molecular weight excluding hydrogens is 234 g/mol. The molecule has 7 heteroatoms. The average molecular weight is 251 g/mol. The first-order valence-corrected chi connectivity index (χ1v) is 6.69. The molecule has 0 atom stereocenters. The Morgan fingerprint density at radius 3 is 1.94 bits per heavy atom. The van der Waals surface area contributed by atoms with Gasteiger partial charge in [0.05, 0.1) is 0 Å². The van der Waals surface area contributed by atoms with Gasteiger partial charge in [0, 0.05) is 11.8 Å². The van der Waals surface area contributed by atoms with Gasteiger partial charge in [-0.2, -0.15) is 0 Å². The number of carbonyl (C=O) groups excluding carboxylic acids is 1. The summed E-state index contributed by atoms with van der Waals surface area (Å²) >= 11 is 0. The molecule has 0 rings (SSSR count). The predicted octanol–water partition coefficient (Wildman–Crippen LogP) is -0.257. The van der Waals surface area contributed by atoms with Crippen molar-refractivity contribution in [1.82, 2.24) is 4.90 Å². The quantitative estimate of drug-likeness (QED) is 0.743. The van der Waals surface area contributed by atoms with E-state index < -0.39 is 39.6 Å². The van der Waals surface area contributed by atoms with E-state index in [1.54, 1.807) is 20.8 Å². The molecule has 0 fully saturated rings. The lowest BCUT2D eigenvalue weighted by molar-refractivity contribution is -0.147. The van der Waals surface area contributed by atoms with Crippen LogP contribution in [0.15, 0.2) is 0 Å². The Hall–Kier alpha value is -1.11. The highest BCUT2D eigenvalue weighted by atomic mass is 32.2. The second-order valence-corrected chi connectivity index (χ2v) is 6.75. The molecule has 0 aliphatic carbocycles. The minimum atomic E-state index is -3.45. The van der Waals surface area contributed by atoms with E-state index in [0.717, 1.165) is 11.2 Å². The number of carboxylic acid groups (broad SMARTS) is 1. The van der Waals surface area contributed by atoms with Crippen molar-refractivity contribution in [1.29, 1.82) is 0 Å². The second kappa shape index (κ2) is 4.82. The number of rotatable bonds is 4. The molecule has 0 unspecified atom stereocenters. The van der Waals surface area contributed by atoms with E-state index in [1.807, 2.05) is 0 Å². The van der Waals surface area contributed by atoms with E-state index in [9.17, 15) is 18.0 Å². The molecule has 0 heterocycles. The van der Waals surface area contributed by atoms with Crippen molar-refractivity contribution < 1.29 is 23.1 Å². The van der Waals surface area contributed by atoms with Crippen LogP contribution in [0, 0.1) is 0 Å². The summed E-state index contributed by atoms with van der Waals surface area (Å²) in [6.45, 7) is 4.44. The smallest absolute Gasteiger partial charge is 0.323 e. The number of sulfone groups is 1. The molecule has 0 bridgehead atoms. The van der Waals surface area contributed by atoms with Crippen LogP contribution in [-0.4, -0.2) is 54.4 Å². The van der Waals surface area contributed by atoms with Crippen LogP contribution < -0.4 is 0 Å². The summed E-state index contributed by atoms with van der Waals surface area (Å²) in [4.78, 5) is 23.2. The summed E-state index contributed by atoms with van der Waals surface area (Å²) in [5.41, 5.74) is -0.722. The van der Waals surface area contributed by atoms with Gasteiger partial charge in [0.25, 0.3) is 0 Å². The lowest BCUT2D eigenvalue weighted by Crippen LogP contribution is -2.50. The molecule has 0 aliphatic rings. The molecule has 0 radical (unpaired) electrons. The van der Waals surface area contributed by atoms with E-state index in [4.69, 9.17) is 5.11 Å². The highest BCUT2D eigenvalue weighted by Gasteiger charge is 2.29. The van der Waals surface area contributed by atoms with Gasteiger partial charge in [-0.05, 0) is 20.8 Å². The number of nitrogens with zero attached hydrogens (tertiary/aromatic N) is 1. The van der Waals surface area contributed by atoms with Gasteiger partial charge in [0.1, 0.15) is 12.3 Å². The highest BCUT2D eigenvalue weighted by Crippen LogP contribution is 2.13. The van der Waals surface area contributed by atoms with Gasteiger partial charge in [-0.15, -0.1) is 0 Å². The van der Waals surface area contributed by atoms with Crippen LogP contribution in [0.4, 0.5) is 0 Å². The van der Waals surface area contributed by atoms with Crippen LogP contribution in [0.2, 0.25) is 0 Å². The van der Waals surface area contributed by atoms with E-state index in [0.29, 0.717) is 0 Å². The fourth-order valence-corrected chi connectivity index (χ4v) is 1.74. The van der Waals surface area contributed by atoms with Gasteiger partial charge < -0.3 is 10.0 Å². The minimum absolute atomic E-state index is 0.502. The average Bonchev–Trinajstić information content (AvgIpc) is 1.93. The fraction of sp³-hybridized carbons (Fsp3) is 0.778. The Kier molecular flexibility index (Phi) is 4.48. The van der Waals surface area contributed by atoms with Gasteiger partial charge in [-0.3, -0.25) is 9.59 Å². The molecule has 94 valence electrons. The maximum Gasteiger partial charge on any atom is 0.323 e. The van der Waals surface area contributed by atoms with Crippen LogP contribution in [0.25, 0.3) is 0 Å². The summed E-state index contributed by atoms with van der Waals surface area (Å²) in [7, 11) is -3.45. The highest BCUT2D eigenvalue weighted by molar-refractivity contribution is 7.91. The summed E-state index contributed by atoms with van der Waals surface area (Å²) in [5, 5.41) is 8.65. The Morgan fingerprint density at radius 2 is 1.69 bits per heavy atom. The molecule has 0 aromatic heterocycles. The van der Waals surface area contributed by atoms with Crippen molar-refractivity contribution in [3.63, 3.8) is 0 Å². The van der Waals surface area contributed by atoms with Crippen LogP contribution in [-0.2, 0) is 19.4 Å². The van der Waals surface area contributed by atoms with Gasteiger partial charge in [0.2, 0.25) is 5.91 Å². The first kappa shape index (κ1) is 14.9. The summed E-state index contributed by atoms with van der Waals surface area (Å²) in [6.07, 6.45) is 0.937. The van der Waals surface area contributed by atoms with Crippen molar-refractivity contribution >= 4 is 21.7 Å². The fourth-order valence-electron chi connectivity index (χ4n) is 1.14. The van der Waals surface area contributed by atoms with Gasteiger partial charge in [-0.1, -0.05) is 0 Å². The number of hydrogen-bond acceptors (Lipinski definition) is 4. The summed E-state index contributed by atoms with van der Waals surface area (Å²) in [5.74, 6) is -2.54. The number of amides is 1. The van der Waals surface area contributed by atoms with Gasteiger partial charge in [0.15, 0.2) is 9.84 Å². The van der Waals surface area contributed by atoms with Crippen molar-refractivity contribution in [2.24, 2.45) is 0 Å². The molecule has 1 N–H and O–H groups in total. The number of aliphatic carboxylic acids is 1. The Labute approximate surface area is 95.2 Å². The molecule has 6 nitrogen and oxygen atoms in total. The number of carboxylic acids is 1. The SMILES string of the molecule is CC(C)(C)N(CC(=O)O)C(=O)CS(C)(=O)=O. The Balaban J connectivity index is 4.92. The van der Waals surface area contributed by atoms with E-state index in [2.05, 4.69) is 0 Å². The third kappa shape index (κ3) is 5.69. The maximum atomic E-state index is 11.6. The Morgan fingerprint density at radius 1 is 1.25 bits per heavy atom. The second-order valence-electron chi connectivity index (χ2n) is 4.61. The van der Waals surface area contributed by atoms with Crippen molar-refractivity contribution in [2.75, 3.05) is 18.6 Å². The monoisotopic (exact) mass is 251 g/mol. The zero-order valence-corrected chi connectivity index (χ0v) is 10.7. The van der Waals surface area contributed by atoms with Crippen LogP contribution >= 0.6 is 0 Å². The van der Waals surface area contributed by atoms with Crippen molar-refractivity contribution in [3.8, 4) is 0 Å². The maximum absolute atomic E-state index is 11.6. The van der Waals surface area contributed by atoms with Gasteiger partial charge in [-0.25, -0.2) is 8.42 Å². The third-order valence-electron chi connectivity index (χ3n) is 1.79. The topological polar surface area (TPSA) is 91.8 Å². The predicted molar refractivity (Wildman–Crippen MR) is 58.8 cm³/mol. The largest absolute Gasteiger partial charge is 0.480 e. The zero-order valence-electron chi connectivity index (χ0n) is 9.85. The normalized spacial score (nSPS) is 12.2. The van der Waals surface area contributed by atoms with Crippen LogP contribution in [0.1, 0.15) is 20.8 Å². The van der Waals surface area contributed by atoms with Gasteiger partial charge >= 0.3 is 5.97 Å². The van der Waals surface area contributed by atoms with E-state index >= 15 is 0 Å². The third-order valence-corrected chi connectivity index (χ3v) is 2.56. The van der Waals surface area contributed by atoms with Crippen LogP contribution in [0.5, 0.6) is 0 Å². The first-order chi connectivity index (χ1) is 6.93. The lowest BCUT2D eigenvalue weighted by Gasteiger charge is -2.34. The molecule has 0 aromatic rings. The molecule has 0 spiro atoms. The molecule has 0 aliphatic heterocycles. The minimum Gasteiger partial charge on any atom is -0.480 e. The molecule has 0 saturated heterocycles.